The Morgan fingerprint density at radius 3 is 2.65 bits per heavy atom. The van der Waals surface area contributed by atoms with Gasteiger partial charge >= 0.3 is 0 Å². The topological polar surface area (TPSA) is 58.6 Å². The summed E-state index contributed by atoms with van der Waals surface area (Å²) in [5.41, 5.74) is 5.86. The molecular formula is C34H27ClFN3O4. The van der Waals surface area contributed by atoms with Crippen LogP contribution in [0.1, 0.15) is 17.0 Å². The molecule has 2 aliphatic rings. The number of para-hydroxylation sites is 2. The van der Waals surface area contributed by atoms with Gasteiger partial charge in [0, 0.05) is 18.1 Å². The number of hydrogen-bond acceptors (Lipinski definition) is 5. The predicted octanol–water partition coefficient (Wildman–Crippen LogP) is 3.21. The third-order valence-corrected chi connectivity index (χ3v) is 8.16. The number of methoxy groups -OCH3 is 1. The molecule has 4 heterocycles. The molecule has 0 amide bonds. The SMILES string of the molecule is COc1ccc2cc3[n+](cc2c1OCc1nc2ccccc2n1Cc1ccccc1F)CCc1cc2c(cc1-3)OCO2.[Cl-]. The molecule has 0 radical (unpaired) electrons. The molecule has 0 atom stereocenters. The number of imidazole rings is 1. The number of aromatic nitrogens is 3. The Morgan fingerprint density at radius 1 is 0.977 bits per heavy atom. The largest absolute Gasteiger partial charge is 1.00 e. The van der Waals surface area contributed by atoms with Crippen molar-refractivity contribution >= 4 is 21.8 Å². The molecule has 9 heteroatoms. The number of fused-ring (bicyclic) bond motifs is 6. The van der Waals surface area contributed by atoms with E-state index >= 15 is 0 Å². The third-order valence-electron chi connectivity index (χ3n) is 8.16. The van der Waals surface area contributed by atoms with Crippen LogP contribution in [0.15, 0.2) is 85.1 Å². The van der Waals surface area contributed by atoms with Crippen LogP contribution >= 0.6 is 0 Å². The smallest absolute Gasteiger partial charge is 0.231 e. The number of benzene rings is 4. The summed E-state index contributed by atoms with van der Waals surface area (Å²) < 4.78 is 42.5. The van der Waals surface area contributed by atoms with E-state index in [1.807, 2.05) is 41.0 Å². The molecule has 2 aliphatic heterocycles. The molecule has 0 fully saturated rings. The van der Waals surface area contributed by atoms with Gasteiger partial charge in [-0.3, -0.25) is 0 Å². The average Bonchev–Trinajstić information content (AvgIpc) is 3.62. The van der Waals surface area contributed by atoms with Crippen molar-refractivity contribution in [3.05, 3.63) is 108 Å². The zero-order valence-corrected chi connectivity index (χ0v) is 24.1. The summed E-state index contributed by atoms with van der Waals surface area (Å²) in [5, 5.41) is 1.97. The summed E-state index contributed by atoms with van der Waals surface area (Å²) in [6.45, 7) is 1.62. The van der Waals surface area contributed by atoms with Crippen molar-refractivity contribution in [1.29, 1.82) is 0 Å². The van der Waals surface area contributed by atoms with Gasteiger partial charge in [-0.1, -0.05) is 30.3 Å². The lowest BCUT2D eigenvalue weighted by molar-refractivity contribution is -0.686. The minimum Gasteiger partial charge on any atom is -1.00 e. The molecule has 0 bridgehead atoms. The van der Waals surface area contributed by atoms with Gasteiger partial charge in [-0.05, 0) is 53.4 Å². The molecule has 43 heavy (non-hydrogen) atoms. The highest BCUT2D eigenvalue weighted by atomic mass is 35.5. The molecule has 2 aromatic heterocycles. The van der Waals surface area contributed by atoms with Gasteiger partial charge in [0.1, 0.15) is 18.2 Å². The number of hydrogen-bond donors (Lipinski definition) is 0. The first-order chi connectivity index (χ1) is 20.7. The van der Waals surface area contributed by atoms with Crippen molar-refractivity contribution in [2.45, 2.75) is 26.1 Å². The molecule has 0 saturated heterocycles. The zero-order valence-electron chi connectivity index (χ0n) is 23.3. The Bertz CT molecular complexity index is 2030. The first-order valence-corrected chi connectivity index (χ1v) is 13.9. The summed E-state index contributed by atoms with van der Waals surface area (Å²) in [4.78, 5) is 4.86. The van der Waals surface area contributed by atoms with Crippen LogP contribution in [0.3, 0.4) is 0 Å². The number of aryl methyl sites for hydroxylation is 2. The Morgan fingerprint density at radius 2 is 1.79 bits per heavy atom. The van der Waals surface area contributed by atoms with Gasteiger partial charge in [0.25, 0.3) is 0 Å². The lowest BCUT2D eigenvalue weighted by Gasteiger charge is -2.18. The van der Waals surface area contributed by atoms with E-state index in [1.165, 1.54) is 11.6 Å². The minimum absolute atomic E-state index is 0. The second kappa shape index (κ2) is 10.8. The first-order valence-electron chi connectivity index (χ1n) is 13.9. The van der Waals surface area contributed by atoms with Crippen LogP contribution in [0.2, 0.25) is 0 Å². The van der Waals surface area contributed by atoms with Crippen LogP contribution in [0.25, 0.3) is 33.1 Å². The quantitative estimate of drug-likeness (QED) is 0.277. The summed E-state index contributed by atoms with van der Waals surface area (Å²) in [6.07, 6.45) is 3.02. The fourth-order valence-corrected chi connectivity index (χ4v) is 6.05. The molecule has 0 unspecified atom stereocenters. The Kier molecular flexibility index (Phi) is 6.78. The van der Waals surface area contributed by atoms with Crippen LogP contribution in [-0.2, 0) is 26.1 Å². The molecule has 216 valence electrons. The highest BCUT2D eigenvalue weighted by molar-refractivity contribution is 5.91. The molecule has 0 N–H and O–H groups in total. The summed E-state index contributed by atoms with van der Waals surface area (Å²) >= 11 is 0. The van der Waals surface area contributed by atoms with Crippen LogP contribution in [0.4, 0.5) is 4.39 Å². The predicted molar refractivity (Wildman–Crippen MR) is 156 cm³/mol. The van der Waals surface area contributed by atoms with Gasteiger partial charge in [0.05, 0.1) is 35.6 Å². The third kappa shape index (κ3) is 4.58. The maximum atomic E-state index is 14.6. The van der Waals surface area contributed by atoms with E-state index in [9.17, 15) is 4.39 Å². The van der Waals surface area contributed by atoms with Crippen molar-refractivity contribution in [2.24, 2.45) is 0 Å². The Hall–Kier alpha value is -4.82. The summed E-state index contributed by atoms with van der Waals surface area (Å²) in [5.74, 6) is 3.33. The van der Waals surface area contributed by atoms with Crippen molar-refractivity contribution in [3.8, 4) is 34.3 Å². The maximum Gasteiger partial charge on any atom is 0.231 e. The molecular weight excluding hydrogens is 569 g/mol. The van der Waals surface area contributed by atoms with Crippen molar-refractivity contribution in [3.63, 3.8) is 0 Å². The van der Waals surface area contributed by atoms with Crippen molar-refractivity contribution in [2.75, 3.05) is 13.9 Å². The number of nitrogens with zero attached hydrogens (tertiary/aromatic N) is 3. The van der Waals surface area contributed by atoms with Crippen LogP contribution in [-0.4, -0.2) is 23.5 Å². The normalized spacial score (nSPS) is 13.0. The molecule has 0 spiro atoms. The lowest BCUT2D eigenvalue weighted by Crippen LogP contribution is -3.00. The second-order valence-electron chi connectivity index (χ2n) is 10.5. The van der Waals surface area contributed by atoms with E-state index in [0.29, 0.717) is 29.4 Å². The Balaban J connectivity index is 0.00000300. The second-order valence-corrected chi connectivity index (χ2v) is 10.5. The monoisotopic (exact) mass is 595 g/mol. The number of ether oxygens (including phenoxy) is 4. The Labute approximate surface area is 253 Å². The van der Waals surface area contributed by atoms with Gasteiger partial charge in [-0.2, -0.15) is 4.57 Å². The molecule has 8 rings (SSSR count). The highest BCUT2D eigenvalue weighted by Crippen LogP contribution is 2.42. The van der Waals surface area contributed by atoms with Gasteiger partial charge in [0.2, 0.25) is 12.5 Å². The summed E-state index contributed by atoms with van der Waals surface area (Å²) in [6, 6.07) is 25.1. The van der Waals surface area contributed by atoms with Gasteiger partial charge in [-0.15, -0.1) is 0 Å². The van der Waals surface area contributed by atoms with Gasteiger partial charge in [0.15, 0.2) is 35.7 Å². The zero-order chi connectivity index (χ0) is 28.2. The number of halogens is 2. The summed E-state index contributed by atoms with van der Waals surface area (Å²) in [7, 11) is 1.64. The standard InChI is InChI=1S/C34H27FN3O4.ClH/c1-39-30-11-10-21-14-29-24-16-32-31(41-20-42-32)15-22(24)12-13-37(29)18-25(21)34(30)40-19-33-36-27-8-4-5-9-28(27)38(33)17-23-6-2-3-7-26(23)35;/h2-11,14-16,18H,12-13,17,19-20H2,1H3;1H/q+1;/p-1. The lowest BCUT2D eigenvalue weighted by atomic mass is 9.95. The molecule has 0 saturated carbocycles. The fraction of sp³-hybridized carbons (Fsp3) is 0.176. The van der Waals surface area contributed by atoms with Crippen molar-refractivity contribution < 1.29 is 40.3 Å². The van der Waals surface area contributed by atoms with Crippen molar-refractivity contribution in [1.82, 2.24) is 9.55 Å². The number of pyridine rings is 1. The fourth-order valence-electron chi connectivity index (χ4n) is 6.05. The molecule has 7 nitrogen and oxygen atoms in total. The van der Waals surface area contributed by atoms with E-state index in [2.05, 4.69) is 35.0 Å². The molecule has 4 aromatic carbocycles. The average molecular weight is 596 g/mol. The van der Waals surface area contributed by atoms with E-state index in [1.54, 1.807) is 19.2 Å². The highest BCUT2D eigenvalue weighted by Gasteiger charge is 2.29. The first kappa shape index (κ1) is 27.0. The van der Waals surface area contributed by atoms with Gasteiger partial charge in [-0.25, -0.2) is 9.37 Å². The van der Waals surface area contributed by atoms with Crippen LogP contribution in [0.5, 0.6) is 23.0 Å². The van der Waals surface area contributed by atoms with E-state index in [-0.39, 0.29) is 31.6 Å². The van der Waals surface area contributed by atoms with E-state index in [4.69, 9.17) is 23.9 Å². The molecule has 6 aromatic rings. The number of rotatable bonds is 6. The van der Waals surface area contributed by atoms with Gasteiger partial charge < -0.3 is 35.9 Å². The maximum absolute atomic E-state index is 14.6. The van der Waals surface area contributed by atoms with Crippen LogP contribution < -0.4 is 35.9 Å². The molecule has 0 aliphatic carbocycles. The van der Waals surface area contributed by atoms with E-state index < -0.39 is 0 Å². The van der Waals surface area contributed by atoms with E-state index in [0.717, 1.165) is 57.5 Å². The minimum atomic E-state index is -0.245. The van der Waals surface area contributed by atoms with Crippen LogP contribution in [0, 0.1) is 5.82 Å².